The van der Waals surface area contributed by atoms with Gasteiger partial charge in [0.05, 0.1) is 13.2 Å². The molecule has 5 heteroatoms. The first-order valence-electron chi connectivity index (χ1n) is 9.02. The standard InChI is InChI=1S/C21H25NO4/c1-2-25-18-10-12-19(13-11-18)26-14-20(23)22-15-21(24,17-8-9-17)16-6-4-3-5-7-16/h3-7,10-13,17,24H,2,8-9,14-15H2,1H3,(H,22,23). The highest BCUT2D eigenvalue weighted by Gasteiger charge is 2.45. The van der Waals surface area contributed by atoms with Crippen LogP contribution >= 0.6 is 0 Å². The summed E-state index contributed by atoms with van der Waals surface area (Å²) in [6.45, 7) is 2.62. The van der Waals surface area contributed by atoms with Gasteiger partial charge in [-0.05, 0) is 55.5 Å². The van der Waals surface area contributed by atoms with Crippen molar-refractivity contribution in [2.75, 3.05) is 19.8 Å². The maximum absolute atomic E-state index is 12.1. The van der Waals surface area contributed by atoms with E-state index in [1.807, 2.05) is 37.3 Å². The fourth-order valence-corrected chi connectivity index (χ4v) is 3.00. The minimum atomic E-state index is -1.02. The summed E-state index contributed by atoms with van der Waals surface area (Å²) in [6, 6.07) is 16.7. The van der Waals surface area contributed by atoms with Crippen molar-refractivity contribution in [3.8, 4) is 11.5 Å². The van der Waals surface area contributed by atoms with Crippen molar-refractivity contribution in [1.82, 2.24) is 5.32 Å². The first-order chi connectivity index (χ1) is 12.6. The van der Waals surface area contributed by atoms with Gasteiger partial charge in [-0.15, -0.1) is 0 Å². The number of rotatable bonds is 9. The van der Waals surface area contributed by atoms with Gasteiger partial charge in [0, 0.05) is 0 Å². The Labute approximate surface area is 153 Å². The van der Waals surface area contributed by atoms with Gasteiger partial charge < -0.3 is 19.9 Å². The second-order valence-corrected chi connectivity index (χ2v) is 6.53. The topological polar surface area (TPSA) is 67.8 Å². The predicted octanol–water partition coefficient (Wildman–Crippen LogP) is 2.88. The van der Waals surface area contributed by atoms with Crippen molar-refractivity contribution in [2.45, 2.75) is 25.4 Å². The lowest BCUT2D eigenvalue weighted by Crippen LogP contribution is -2.43. The Kier molecular flexibility index (Phi) is 5.78. The molecule has 0 spiro atoms. The predicted molar refractivity (Wildman–Crippen MR) is 99.2 cm³/mol. The smallest absolute Gasteiger partial charge is 0.258 e. The third-order valence-electron chi connectivity index (χ3n) is 4.59. The van der Waals surface area contributed by atoms with E-state index in [0.717, 1.165) is 24.2 Å². The SMILES string of the molecule is CCOc1ccc(OCC(=O)NCC(O)(c2ccccc2)C2CC2)cc1. The molecular formula is C21H25NO4. The Hall–Kier alpha value is -2.53. The normalized spacial score (nSPS) is 15.8. The average Bonchev–Trinajstić information content (AvgIpc) is 3.52. The largest absolute Gasteiger partial charge is 0.494 e. The summed E-state index contributed by atoms with van der Waals surface area (Å²) >= 11 is 0. The molecule has 1 saturated carbocycles. The third-order valence-corrected chi connectivity index (χ3v) is 4.59. The van der Waals surface area contributed by atoms with Gasteiger partial charge in [-0.1, -0.05) is 30.3 Å². The molecule has 1 amide bonds. The molecule has 0 aliphatic heterocycles. The molecule has 1 fully saturated rings. The van der Waals surface area contributed by atoms with Crippen LogP contribution in [0.15, 0.2) is 54.6 Å². The highest BCUT2D eigenvalue weighted by atomic mass is 16.5. The lowest BCUT2D eigenvalue weighted by molar-refractivity contribution is -0.124. The van der Waals surface area contributed by atoms with Gasteiger partial charge in [-0.3, -0.25) is 4.79 Å². The molecule has 1 aliphatic rings. The highest BCUT2D eigenvalue weighted by molar-refractivity contribution is 5.77. The quantitative estimate of drug-likeness (QED) is 0.726. The number of amides is 1. The molecule has 0 radical (unpaired) electrons. The molecular weight excluding hydrogens is 330 g/mol. The first-order valence-corrected chi connectivity index (χ1v) is 9.02. The Morgan fingerprint density at radius 2 is 1.69 bits per heavy atom. The number of ether oxygens (including phenoxy) is 2. The number of carbonyl (C=O) groups is 1. The minimum absolute atomic E-state index is 0.0937. The number of benzene rings is 2. The molecule has 0 saturated heterocycles. The van der Waals surface area contributed by atoms with Gasteiger partial charge in [0.25, 0.3) is 5.91 Å². The van der Waals surface area contributed by atoms with Crippen LogP contribution in [0, 0.1) is 5.92 Å². The van der Waals surface area contributed by atoms with Gasteiger partial charge in [0.2, 0.25) is 0 Å². The zero-order valence-electron chi connectivity index (χ0n) is 15.0. The molecule has 0 bridgehead atoms. The monoisotopic (exact) mass is 355 g/mol. The second-order valence-electron chi connectivity index (χ2n) is 6.53. The number of nitrogens with one attached hydrogen (secondary N) is 1. The highest BCUT2D eigenvalue weighted by Crippen LogP contribution is 2.45. The fraction of sp³-hybridized carbons (Fsp3) is 0.381. The van der Waals surface area contributed by atoms with Crippen LogP contribution in [0.2, 0.25) is 0 Å². The van der Waals surface area contributed by atoms with Gasteiger partial charge in [-0.25, -0.2) is 0 Å². The van der Waals surface area contributed by atoms with E-state index >= 15 is 0 Å². The van der Waals surface area contributed by atoms with E-state index in [9.17, 15) is 9.90 Å². The van der Waals surface area contributed by atoms with Crippen LogP contribution in [0.4, 0.5) is 0 Å². The van der Waals surface area contributed by atoms with E-state index in [0.29, 0.717) is 12.4 Å². The van der Waals surface area contributed by atoms with Crippen molar-refractivity contribution in [1.29, 1.82) is 0 Å². The van der Waals surface area contributed by atoms with Crippen LogP contribution in [0.1, 0.15) is 25.3 Å². The van der Waals surface area contributed by atoms with Crippen LogP contribution in [0.5, 0.6) is 11.5 Å². The Morgan fingerprint density at radius 3 is 2.27 bits per heavy atom. The molecule has 3 rings (SSSR count). The van der Waals surface area contributed by atoms with Crippen molar-refractivity contribution < 1.29 is 19.4 Å². The molecule has 2 N–H and O–H groups in total. The summed E-state index contributed by atoms with van der Waals surface area (Å²) in [5.74, 6) is 1.30. The molecule has 1 unspecified atom stereocenters. The molecule has 0 heterocycles. The third kappa shape index (κ3) is 4.55. The number of hydrogen-bond acceptors (Lipinski definition) is 4. The maximum Gasteiger partial charge on any atom is 0.258 e. The van der Waals surface area contributed by atoms with E-state index in [4.69, 9.17) is 9.47 Å². The van der Waals surface area contributed by atoms with E-state index in [2.05, 4.69) is 5.32 Å². The molecule has 1 atom stereocenters. The molecule has 2 aromatic carbocycles. The molecule has 1 aliphatic carbocycles. The first kappa shape index (κ1) is 18.3. The van der Waals surface area contributed by atoms with Gasteiger partial charge in [0.15, 0.2) is 6.61 Å². The van der Waals surface area contributed by atoms with Crippen molar-refractivity contribution in [2.24, 2.45) is 5.92 Å². The Bertz CT molecular complexity index is 713. The minimum Gasteiger partial charge on any atom is -0.494 e. The van der Waals surface area contributed by atoms with E-state index in [1.165, 1.54) is 0 Å². The Balaban J connectivity index is 1.51. The van der Waals surface area contributed by atoms with E-state index < -0.39 is 5.60 Å². The molecule has 5 nitrogen and oxygen atoms in total. The van der Waals surface area contributed by atoms with Crippen LogP contribution in [-0.4, -0.2) is 30.8 Å². The Morgan fingerprint density at radius 1 is 1.08 bits per heavy atom. The van der Waals surface area contributed by atoms with Gasteiger partial charge in [-0.2, -0.15) is 0 Å². The van der Waals surface area contributed by atoms with Crippen LogP contribution in [-0.2, 0) is 10.4 Å². The number of aliphatic hydroxyl groups is 1. The maximum atomic E-state index is 12.1. The van der Waals surface area contributed by atoms with Crippen molar-refractivity contribution in [3.05, 3.63) is 60.2 Å². The molecule has 2 aromatic rings. The summed E-state index contributed by atoms with van der Waals surface area (Å²) in [6.07, 6.45) is 1.95. The zero-order chi connectivity index (χ0) is 18.4. The lowest BCUT2D eigenvalue weighted by atomic mass is 9.88. The summed E-state index contributed by atoms with van der Waals surface area (Å²) in [7, 11) is 0. The number of hydrogen-bond donors (Lipinski definition) is 2. The average molecular weight is 355 g/mol. The summed E-state index contributed by atoms with van der Waals surface area (Å²) in [5, 5.41) is 13.9. The van der Waals surface area contributed by atoms with Crippen molar-refractivity contribution >= 4 is 5.91 Å². The van der Waals surface area contributed by atoms with Gasteiger partial charge in [0.1, 0.15) is 17.1 Å². The molecule has 0 aromatic heterocycles. The van der Waals surface area contributed by atoms with Crippen molar-refractivity contribution in [3.63, 3.8) is 0 Å². The summed E-state index contributed by atoms with van der Waals surface area (Å²) < 4.78 is 10.9. The van der Waals surface area contributed by atoms with Gasteiger partial charge >= 0.3 is 0 Å². The van der Waals surface area contributed by atoms with Crippen LogP contribution in [0.25, 0.3) is 0 Å². The summed E-state index contributed by atoms with van der Waals surface area (Å²) in [4.78, 5) is 12.1. The second kappa shape index (κ2) is 8.23. The summed E-state index contributed by atoms with van der Waals surface area (Å²) in [5.41, 5.74) is -0.175. The van der Waals surface area contributed by atoms with E-state index in [-0.39, 0.29) is 25.0 Å². The van der Waals surface area contributed by atoms with Crippen LogP contribution < -0.4 is 14.8 Å². The fourth-order valence-electron chi connectivity index (χ4n) is 3.00. The molecule has 138 valence electrons. The zero-order valence-corrected chi connectivity index (χ0v) is 15.0. The van der Waals surface area contributed by atoms with Crippen LogP contribution in [0.3, 0.4) is 0 Å². The number of carbonyl (C=O) groups excluding carboxylic acids is 1. The lowest BCUT2D eigenvalue weighted by Gasteiger charge is -2.29. The molecule has 26 heavy (non-hydrogen) atoms. The van der Waals surface area contributed by atoms with E-state index in [1.54, 1.807) is 24.3 Å².